The van der Waals surface area contributed by atoms with Crippen LogP contribution in [0, 0.1) is 0 Å². The van der Waals surface area contributed by atoms with Gasteiger partial charge in [-0.15, -0.1) is 0 Å². The number of methoxy groups -OCH3 is 1. The van der Waals surface area contributed by atoms with E-state index in [1.807, 2.05) is 24.3 Å². The lowest BCUT2D eigenvalue weighted by Crippen LogP contribution is -2.47. The number of benzene rings is 2. The number of aryl methyl sites for hydroxylation is 1. The number of carbonyl (C=O) groups is 2. The summed E-state index contributed by atoms with van der Waals surface area (Å²) in [4.78, 5) is 28.4. The fraction of sp³-hybridized carbons (Fsp3) is 0.484. The monoisotopic (exact) mass is 567 g/mol. The van der Waals surface area contributed by atoms with Gasteiger partial charge in [-0.3, -0.25) is 9.59 Å². The minimum absolute atomic E-state index is 0.0440. The summed E-state index contributed by atoms with van der Waals surface area (Å²) in [7, 11) is -1.91. The van der Waals surface area contributed by atoms with E-state index in [0.29, 0.717) is 19.5 Å². The molecule has 2 N–H and O–H groups in total. The summed E-state index contributed by atoms with van der Waals surface area (Å²) < 4.78 is 32.8. The maximum Gasteiger partial charge on any atom is 0.242 e. The summed E-state index contributed by atoms with van der Waals surface area (Å²) in [6, 6.07) is 13.5. The summed E-state index contributed by atoms with van der Waals surface area (Å²) in [5, 5.41) is 3.02. The van der Waals surface area contributed by atoms with Gasteiger partial charge < -0.3 is 15.0 Å². The number of hydrogen-bond donors (Lipinski definition) is 2. The predicted octanol–water partition coefficient (Wildman–Crippen LogP) is 4.49. The van der Waals surface area contributed by atoms with E-state index >= 15 is 0 Å². The highest BCUT2D eigenvalue weighted by Gasteiger charge is 2.28. The average molecular weight is 568 g/mol. The first-order chi connectivity index (χ1) is 19.2. The van der Waals surface area contributed by atoms with Gasteiger partial charge in [-0.1, -0.05) is 35.9 Å². The Morgan fingerprint density at radius 1 is 1.00 bits per heavy atom. The van der Waals surface area contributed by atoms with Crippen LogP contribution in [0.4, 0.5) is 0 Å². The van der Waals surface area contributed by atoms with Gasteiger partial charge >= 0.3 is 0 Å². The molecule has 40 heavy (non-hydrogen) atoms. The van der Waals surface area contributed by atoms with Crippen LogP contribution in [-0.2, 0) is 32.6 Å². The maximum absolute atomic E-state index is 13.5. The molecular formula is C31H41N3O5S. The Hall–Kier alpha value is -3.17. The van der Waals surface area contributed by atoms with Crippen molar-refractivity contribution in [3.63, 3.8) is 0 Å². The summed E-state index contributed by atoms with van der Waals surface area (Å²) >= 11 is 0. The molecule has 0 spiro atoms. The summed E-state index contributed by atoms with van der Waals surface area (Å²) in [5.74, 6) is 0.416. The molecule has 2 amide bonds. The second kappa shape index (κ2) is 13.9. The zero-order chi connectivity index (χ0) is 28.5. The van der Waals surface area contributed by atoms with Crippen molar-refractivity contribution in [2.75, 3.05) is 13.7 Å². The van der Waals surface area contributed by atoms with Crippen LogP contribution in [0.1, 0.15) is 69.4 Å². The first-order valence-electron chi connectivity index (χ1n) is 14.2. The van der Waals surface area contributed by atoms with Gasteiger partial charge in [-0.05, 0) is 93.7 Å². The van der Waals surface area contributed by atoms with Crippen molar-refractivity contribution in [2.45, 2.75) is 88.2 Å². The molecule has 0 saturated heterocycles. The van der Waals surface area contributed by atoms with E-state index in [9.17, 15) is 18.0 Å². The van der Waals surface area contributed by atoms with E-state index < -0.39 is 16.1 Å². The minimum atomic E-state index is -3.52. The Balaban J connectivity index is 1.38. The number of sulfonamides is 1. The molecule has 1 unspecified atom stereocenters. The Morgan fingerprint density at radius 3 is 2.33 bits per heavy atom. The normalized spacial score (nSPS) is 16.1. The van der Waals surface area contributed by atoms with Gasteiger partial charge in [-0.2, -0.15) is 0 Å². The van der Waals surface area contributed by atoms with Crippen LogP contribution in [-0.4, -0.2) is 50.9 Å². The molecule has 1 atom stereocenters. The molecule has 1 fully saturated rings. The molecule has 0 radical (unpaired) electrons. The van der Waals surface area contributed by atoms with Crippen molar-refractivity contribution in [2.24, 2.45) is 0 Å². The van der Waals surface area contributed by atoms with Crippen molar-refractivity contribution in [3.05, 3.63) is 71.3 Å². The van der Waals surface area contributed by atoms with Gasteiger partial charge in [0.25, 0.3) is 0 Å². The van der Waals surface area contributed by atoms with Crippen LogP contribution in [0.3, 0.4) is 0 Å². The third-order valence-corrected chi connectivity index (χ3v) is 9.11. The highest BCUT2D eigenvalue weighted by molar-refractivity contribution is 7.89. The van der Waals surface area contributed by atoms with Crippen LogP contribution < -0.4 is 14.8 Å². The molecule has 9 heteroatoms. The maximum atomic E-state index is 13.5. The Morgan fingerprint density at radius 2 is 1.70 bits per heavy atom. The van der Waals surface area contributed by atoms with Gasteiger partial charge in [0.15, 0.2) is 0 Å². The molecule has 0 heterocycles. The highest BCUT2D eigenvalue weighted by atomic mass is 32.2. The SMILES string of the molecule is COc1ccc(CN(C(=O)CCc2ccc(S(=O)(=O)NC3CC3)cc2)C(C)C(=O)NCCC2=CCCCC2)cc1. The first kappa shape index (κ1) is 29.8. The molecule has 4 rings (SSSR count). The van der Waals surface area contributed by atoms with Crippen molar-refractivity contribution in [1.29, 1.82) is 0 Å². The number of carbonyl (C=O) groups excluding carboxylic acids is 2. The fourth-order valence-electron chi connectivity index (χ4n) is 4.85. The number of nitrogens with one attached hydrogen (secondary N) is 2. The molecule has 2 aliphatic carbocycles. The molecule has 0 aliphatic heterocycles. The molecule has 2 aromatic carbocycles. The zero-order valence-corrected chi connectivity index (χ0v) is 24.3. The lowest BCUT2D eigenvalue weighted by Gasteiger charge is -2.29. The number of rotatable bonds is 14. The van der Waals surface area contributed by atoms with Gasteiger partial charge in [-0.25, -0.2) is 13.1 Å². The molecule has 216 valence electrons. The molecule has 1 saturated carbocycles. The third-order valence-electron chi connectivity index (χ3n) is 7.57. The van der Waals surface area contributed by atoms with Gasteiger partial charge in [0.2, 0.25) is 21.8 Å². The van der Waals surface area contributed by atoms with E-state index in [2.05, 4.69) is 16.1 Å². The van der Waals surface area contributed by atoms with E-state index in [4.69, 9.17) is 4.74 Å². The van der Waals surface area contributed by atoms with E-state index in [-0.39, 0.29) is 29.2 Å². The summed E-state index contributed by atoms with van der Waals surface area (Å²) in [5.41, 5.74) is 3.16. The van der Waals surface area contributed by atoms with Gasteiger partial charge in [0.05, 0.1) is 12.0 Å². The number of hydrogen-bond acceptors (Lipinski definition) is 5. The van der Waals surface area contributed by atoms with Gasteiger partial charge in [0, 0.05) is 25.6 Å². The summed E-state index contributed by atoms with van der Waals surface area (Å²) in [6.45, 7) is 2.63. The fourth-order valence-corrected chi connectivity index (χ4v) is 6.16. The number of ether oxygens (including phenoxy) is 1. The second-order valence-electron chi connectivity index (χ2n) is 10.7. The summed E-state index contributed by atoms with van der Waals surface area (Å²) in [6.07, 6.45) is 10.2. The van der Waals surface area contributed by atoms with Crippen LogP contribution in [0.5, 0.6) is 5.75 Å². The molecule has 8 nitrogen and oxygen atoms in total. The number of nitrogens with zero attached hydrogens (tertiary/aromatic N) is 1. The largest absolute Gasteiger partial charge is 0.497 e. The Kier molecular flexibility index (Phi) is 10.4. The molecular weight excluding hydrogens is 526 g/mol. The van der Waals surface area contributed by atoms with Crippen LogP contribution in [0.2, 0.25) is 0 Å². The van der Waals surface area contributed by atoms with Crippen LogP contribution in [0.25, 0.3) is 0 Å². The van der Waals surface area contributed by atoms with E-state index in [1.54, 1.807) is 43.2 Å². The second-order valence-corrected chi connectivity index (χ2v) is 12.4. The first-order valence-corrected chi connectivity index (χ1v) is 15.7. The van der Waals surface area contributed by atoms with E-state index in [0.717, 1.165) is 49.0 Å². The standard InChI is InChI=1S/C31H41N3O5S/c1-23(31(36)32-21-20-24-6-4-3-5-7-24)34(22-26-8-15-28(39-2)16-9-26)30(35)19-12-25-10-17-29(18-11-25)40(37,38)33-27-13-14-27/h6,8-11,15-18,23,27,33H,3-5,7,12-14,19-22H2,1-2H3,(H,32,36). The Bertz CT molecular complexity index is 1290. The Labute approximate surface area is 238 Å². The molecule has 0 bridgehead atoms. The van der Waals surface area contributed by atoms with Crippen LogP contribution >= 0.6 is 0 Å². The molecule has 2 aromatic rings. The third kappa shape index (κ3) is 8.66. The average Bonchev–Trinajstić information content (AvgIpc) is 3.78. The lowest BCUT2D eigenvalue weighted by atomic mass is 9.97. The van der Waals surface area contributed by atoms with Crippen molar-refractivity contribution in [3.8, 4) is 5.75 Å². The highest BCUT2D eigenvalue weighted by Crippen LogP contribution is 2.23. The zero-order valence-electron chi connectivity index (χ0n) is 23.5. The number of allylic oxidation sites excluding steroid dienone is 1. The molecule has 0 aromatic heterocycles. The molecule has 2 aliphatic rings. The topological polar surface area (TPSA) is 105 Å². The van der Waals surface area contributed by atoms with Crippen molar-refractivity contribution in [1.82, 2.24) is 14.9 Å². The van der Waals surface area contributed by atoms with E-state index in [1.165, 1.54) is 18.4 Å². The number of amides is 2. The predicted molar refractivity (Wildman–Crippen MR) is 155 cm³/mol. The van der Waals surface area contributed by atoms with Crippen molar-refractivity contribution < 1.29 is 22.7 Å². The van der Waals surface area contributed by atoms with Crippen LogP contribution in [0.15, 0.2) is 65.1 Å². The van der Waals surface area contributed by atoms with Crippen molar-refractivity contribution >= 4 is 21.8 Å². The quantitative estimate of drug-likeness (QED) is 0.327. The smallest absolute Gasteiger partial charge is 0.242 e. The lowest BCUT2D eigenvalue weighted by molar-refractivity contribution is -0.140. The van der Waals surface area contributed by atoms with Gasteiger partial charge in [0.1, 0.15) is 11.8 Å². The minimum Gasteiger partial charge on any atom is -0.497 e.